The monoisotopic (exact) mass is 220 g/mol. The molecule has 0 aromatic heterocycles. The van der Waals surface area contributed by atoms with Crippen molar-refractivity contribution in [3.05, 3.63) is 35.4 Å². The van der Waals surface area contributed by atoms with Gasteiger partial charge in [0.05, 0.1) is 5.92 Å². The lowest BCUT2D eigenvalue weighted by Gasteiger charge is -2.12. The van der Waals surface area contributed by atoms with E-state index in [0.717, 1.165) is 18.4 Å². The SMILES string of the molecule is CCC(CC)C(=O)OCc1cccc(C)c1. The van der Waals surface area contributed by atoms with Crippen LogP contribution in [-0.4, -0.2) is 5.97 Å². The molecule has 1 aromatic carbocycles. The van der Waals surface area contributed by atoms with Crippen molar-refractivity contribution in [2.45, 2.75) is 40.2 Å². The summed E-state index contributed by atoms with van der Waals surface area (Å²) in [5, 5.41) is 0. The summed E-state index contributed by atoms with van der Waals surface area (Å²) >= 11 is 0. The lowest BCUT2D eigenvalue weighted by molar-refractivity contribution is -0.150. The number of aryl methyl sites for hydroxylation is 1. The summed E-state index contributed by atoms with van der Waals surface area (Å²) < 4.78 is 5.29. The number of hydrogen-bond donors (Lipinski definition) is 0. The molecule has 0 aliphatic heterocycles. The Labute approximate surface area is 97.6 Å². The van der Waals surface area contributed by atoms with Gasteiger partial charge in [-0.1, -0.05) is 43.7 Å². The number of ether oxygens (including phenoxy) is 1. The third-order valence-electron chi connectivity index (χ3n) is 2.78. The molecule has 0 N–H and O–H groups in total. The lowest BCUT2D eigenvalue weighted by atomic mass is 10.0. The molecule has 0 unspecified atom stereocenters. The topological polar surface area (TPSA) is 26.3 Å². The van der Waals surface area contributed by atoms with Crippen molar-refractivity contribution in [3.63, 3.8) is 0 Å². The molecular formula is C14H20O2. The first-order valence-electron chi connectivity index (χ1n) is 5.89. The molecule has 2 nitrogen and oxygen atoms in total. The highest BCUT2D eigenvalue weighted by molar-refractivity contribution is 5.72. The van der Waals surface area contributed by atoms with Crippen LogP contribution in [0.2, 0.25) is 0 Å². The van der Waals surface area contributed by atoms with E-state index < -0.39 is 0 Å². The van der Waals surface area contributed by atoms with Crippen molar-refractivity contribution in [1.29, 1.82) is 0 Å². The molecule has 0 heterocycles. The third-order valence-corrected chi connectivity index (χ3v) is 2.78. The molecule has 0 aliphatic rings. The summed E-state index contributed by atoms with van der Waals surface area (Å²) in [6.07, 6.45) is 1.70. The predicted octanol–water partition coefficient (Wildman–Crippen LogP) is 3.47. The van der Waals surface area contributed by atoms with E-state index in [4.69, 9.17) is 4.74 Å². The Balaban J connectivity index is 2.48. The minimum Gasteiger partial charge on any atom is -0.461 e. The number of rotatable bonds is 5. The summed E-state index contributed by atoms with van der Waals surface area (Å²) in [6, 6.07) is 8.04. The largest absolute Gasteiger partial charge is 0.461 e. The molecule has 0 fully saturated rings. The van der Waals surface area contributed by atoms with Crippen LogP contribution in [0.3, 0.4) is 0 Å². The molecule has 0 saturated carbocycles. The van der Waals surface area contributed by atoms with Crippen LogP contribution in [0, 0.1) is 12.8 Å². The molecule has 0 saturated heterocycles. The van der Waals surface area contributed by atoms with Crippen molar-refractivity contribution in [2.24, 2.45) is 5.92 Å². The van der Waals surface area contributed by atoms with E-state index in [2.05, 4.69) is 0 Å². The predicted molar refractivity (Wildman–Crippen MR) is 65.0 cm³/mol. The molecule has 1 aromatic rings. The van der Waals surface area contributed by atoms with E-state index in [1.165, 1.54) is 5.56 Å². The number of carbonyl (C=O) groups is 1. The Bertz CT molecular complexity index is 340. The fourth-order valence-corrected chi connectivity index (χ4v) is 1.70. The van der Waals surface area contributed by atoms with Gasteiger partial charge in [-0.25, -0.2) is 0 Å². The van der Waals surface area contributed by atoms with E-state index in [9.17, 15) is 4.79 Å². The van der Waals surface area contributed by atoms with E-state index >= 15 is 0 Å². The fraction of sp³-hybridized carbons (Fsp3) is 0.500. The maximum absolute atomic E-state index is 11.6. The van der Waals surface area contributed by atoms with Crippen molar-refractivity contribution in [3.8, 4) is 0 Å². The highest BCUT2D eigenvalue weighted by atomic mass is 16.5. The van der Waals surface area contributed by atoms with E-state index in [0.29, 0.717) is 6.61 Å². The number of benzene rings is 1. The molecule has 1 rings (SSSR count). The summed E-state index contributed by atoms with van der Waals surface area (Å²) in [4.78, 5) is 11.6. The van der Waals surface area contributed by atoms with Crippen LogP contribution in [0.4, 0.5) is 0 Å². The second-order valence-electron chi connectivity index (χ2n) is 4.11. The van der Waals surface area contributed by atoms with E-state index in [1.54, 1.807) is 0 Å². The molecule has 16 heavy (non-hydrogen) atoms. The minimum absolute atomic E-state index is 0.0461. The molecule has 0 aliphatic carbocycles. The van der Waals surface area contributed by atoms with Gasteiger partial charge in [-0.15, -0.1) is 0 Å². The van der Waals surface area contributed by atoms with Crippen molar-refractivity contribution < 1.29 is 9.53 Å². The molecule has 0 amide bonds. The first-order valence-corrected chi connectivity index (χ1v) is 5.89. The van der Waals surface area contributed by atoms with Gasteiger partial charge >= 0.3 is 5.97 Å². The van der Waals surface area contributed by atoms with Crippen LogP contribution in [0.25, 0.3) is 0 Å². The van der Waals surface area contributed by atoms with Gasteiger partial charge in [0.2, 0.25) is 0 Å². The standard InChI is InChI=1S/C14H20O2/c1-4-13(5-2)14(15)16-10-12-8-6-7-11(3)9-12/h6-9,13H,4-5,10H2,1-3H3. The van der Waals surface area contributed by atoms with Crippen LogP contribution in [-0.2, 0) is 16.1 Å². The summed E-state index contributed by atoms with van der Waals surface area (Å²) in [5.74, 6) is -0.0312. The van der Waals surface area contributed by atoms with Crippen molar-refractivity contribution in [1.82, 2.24) is 0 Å². The molecule has 88 valence electrons. The smallest absolute Gasteiger partial charge is 0.309 e. The van der Waals surface area contributed by atoms with Gasteiger partial charge in [-0.05, 0) is 25.3 Å². The second-order valence-corrected chi connectivity index (χ2v) is 4.11. The average Bonchev–Trinajstić information content (AvgIpc) is 2.28. The van der Waals surface area contributed by atoms with E-state index in [-0.39, 0.29) is 11.9 Å². The van der Waals surface area contributed by atoms with Gasteiger partial charge in [-0.2, -0.15) is 0 Å². The van der Waals surface area contributed by atoms with Crippen LogP contribution in [0.15, 0.2) is 24.3 Å². The second kappa shape index (κ2) is 6.31. The van der Waals surface area contributed by atoms with Gasteiger partial charge < -0.3 is 4.74 Å². The maximum atomic E-state index is 11.6. The highest BCUT2D eigenvalue weighted by Crippen LogP contribution is 2.12. The zero-order valence-electron chi connectivity index (χ0n) is 10.3. The zero-order chi connectivity index (χ0) is 12.0. The first kappa shape index (κ1) is 12.8. The molecule has 0 radical (unpaired) electrons. The molecular weight excluding hydrogens is 200 g/mol. The van der Waals surface area contributed by atoms with Crippen molar-refractivity contribution >= 4 is 5.97 Å². The number of carbonyl (C=O) groups excluding carboxylic acids is 1. The van der Waals surface area contributed by atoms with Gasteiger partial charge in [-0.3, -0.25) is 4.79 Å². The van der Waals surface area contributed by atoms with Crippen LogP contribution in [0.1, 0.15) is 37.8 Å². The lowest BCUT2D eigenvalue weighted by Crippen LogP contribution is -2.16. The van der Waals surface area contributed by atoms with Crippen molar-refractivity contribution in [2.75, 3.05) is 0 Å². The number of esters is 1. The summed E-state index contributed by atoms with van der Waals surface area (Å²) in [7, 11) is 0. The Hall–Kier alpha value is -1.31. The minimum atomic E-state index is -0.0773. The molecule has 0 bridgehead atoms. The Morgan fingerprint density at radius 2 is 2.00 bits per heavy atom. The molecule has 0 atom stereocenters. The Kier molecular flexibility index (Phi) is 5.03. The van der Waals surface area contributed by atoms with Gasteiger partial charge in [0.25, 0.3) is 0 Å². The third kappa shape index (κ3) is 3.69. The highest BCUT2D eigenvalue weighted by Gasteiger charge is 2.15. The van der Waals surface area contributed by atoms with Crippen LogP contribution >= 0.6 is 0 Å². The fourth-order valence-electron chi connectivity index (χ4n) is 1.70. The summed E-state index contributed by atoms with van der Waals surface area (Å²) in [5.41, 5.74) is 2.25. The molecule has 0 spiro atoms. The number of hydrogen-bond acceptors (Lipinski definition) is 2. The van der Waals surface area contributed by atoms with Gasteiger partial charge in [0, 0.05) is 0 Å². The normalized spacial score (nSPS) is 10.5. The first-order chi connectivity index (χ1) is 7.67. The van der Waals surface area contributed by atoms with E-state index in [1.807, 2.05) is 45.0 Å². The quantitative estimate of drug-likeness (QED) is 0.710. The van der Waals surface area contributed by atoms with Crippen LogP contribution in [0.5, 0.6) is 0 Å². The van der Waals surface area contributed by atoms with Gasteiger partial charge in [0.1, 0.15) is 6.61 Å². The van der Waals surface area contributed by atoms with Crippen LogP contribution < -0.4 is 0 Å². The molecule has 2 heteroatoms. The van der Waals surface area contributed by atoms with Gasteiger partial charge in [0.15, 0.2) is 0 Å². The Morgan fingerprint density at radius 3 is 2.56 bits per heavy atom. The summed E-state index contributed by atoms with van der Waals surface area (Å²) in [6.45, 7) is 6.45. The zero-order valence-corrected chi connectivity index (χ0v) is 10.3. The maximum Gasteiger partial charge on any atom is 0.309 e. The average molecular weight is 220 g/mol. The Morgan fingerprint density at radius 1 is 1.31 bits per heavy atom.